The zero-order valence-electron chi connectivity index (χ0n) is 8.18. The van der Waals surface area contributed by atoms with Gasteiger partial charge in [-0.2, -0.15) is 18.4 Å². The number of nitrogens with zero attached hydrogens (tertiary/aromatic N) is 1. The highest BCUT2D eigenvalue weighted by molar-refractivity contribution is 9.10. The van der Waals surface area contributed by atoms with E-state index in [-0.39, 0.29) is 4.47 Å². The van der Waals surface area contributed by atoms with Crippen molar-refractivity contribution in [2.45, 2.75) is 12.6 Å². The average molecular weight is 308 g/mol. The number of benzene rings is 1. The van der Waals surface area contributed by atoms with Gasteiger partial charge in [-0.05, 0) is 17.7 Å². The normalized spacial score (nSPS) is 11.0. The maximum absolute atomic E-state index is 12.8. The highest BCUT2D eigenvalue weighted by Gasteiger charge is 2.37. The van der Waals surface area contributed by atoms with Gasteiger partial charge in [-0.15, -0.1) is 0 Å². The summed E-state index contributed by atoms with van der Waals surface area (Å²) >= 11 is 2.86. The SMILES string of the molecule is N#Cc1ccc(Br)c(CC(=O)O)c1C(F)(F)F. The topological polar surface area (TPSA) is 61.1 Å². The van der Waals surface area contributed by atoms with Gasteiger partial charge in [0.05, 0.1) is 23.6 Å². The van der Waals surface area contributed by atoms with Crippen LogP contribution in [0.1, 0.15) is 16.7 Å². The molecule has 1 N–H and O–H groups in total. The summed E-state index contributed by atoms with van der Waals surface area (Å²) in [5.41, 5.74) is -2.22. The minimum atomic E-state index is -4.76. The number of carboxylic acid groups (broad SMARTS) is 1. The Bertz CT molecular complexity index is 505. The van der Waals surface area contributed by atoms with Crippen molar-refractivity contribution in [3.05, 3.63) is 33.3 Å². The van der Waals surface area contributed by atoms with Gasteiger partial charge in [0.2, 0.25) is 0 Å². The molecule has 0 saturated heterocycles. The van der Waals surface area contributed by atoms with E-state index in [1.165, 1.54) is 12.1 Å². The Balaban J connectivity index is 3.55. The highest BCUT2D eigenvalue weighted by atomic mass is 79.9. The molecular weight excluding hydrogens is 303 g/mol. The molecule has 0 unspecified atom stereocenters. The number of carboxylic acids is 1. The van der Waals surface area contributed by atoms with Crippen molar-refractivity contribution < 1.29 is 23.1 Å². The van der Waals surface area contributed by atoms with Crippen LogP contribution in [-0.2, 0) is 17.4 Å². The van der Waals surface area contributed by atoms with Gasteiger partial charge in [0.1, 0.15) is 0 Å². The van der Waals surface area contributed by atoms with Crippen molar-refractivity contribution in [3.8, 4) is 6.07 Å². The largest absolute Gasteiger partial charge is 0.481 e. The summed E-state index contributed by atoms with van der Waals surface area (Å²) in [5, 5.41) is 17.2. The lowest BCUT2D eigenvalue weighted by Gasteiger charge is -2.14. The second kappa shape index (κ2) is 4.75. The third-order valence-corrected chi connectivity index (χ3v) is 2.73. The molecule has 1 rings (SSSR count). The second-order valence-electron chi connectivity index (χ2n) is 3.13. The summed E-state index contributed by atoms with van der Waals surface area (Å²) in [6.07, 6.45) is -5.56. The Kier molecular flexibility index (Phi) is 3.78. The molecule has 0 amide bonds. The lowest BCUT2D eigenvalue weighted by Crippen LogP contribution is -2.15. The first-order chi connectivity index (χ1) is 7.77. The number of halogens is 4. The van der Waals surface area contributed by atoms with Gasteiger partial charge in [-0.3, -0.25) is 4.79 Å². The average Bonchev–Trinajstić information content (AvgIpc) is 2.18. The molecule has 3 nitrogen and oxygen atoms in total. The number of nitriles is 1. The van der Waals surface area contributed by atoms with Crippen molar-refractivity contribution in [3.63, 3.8) is 0 Å². The Labute approximate surface area is 103 Å². The predicted molar refractivity (Wildman–Crippen MR) is 55.2 cm³/mol. The number of aliphatic carboxylic acids is 1. The van der Waals surface area contributed by atoms with E-state index in [0.29, 0.717) is 0 Å². The van der Waals surface area contributed by atoms with E-state index in [1.807, 2.05) is 0 Å². The van der Waals surface area contributed by atoms with Crippen LogP contribution in [0.3, 0.4) is 0 Å². The van der Waals surface area contributed by atoms with Crippen molar-refractivity contribution >= 4 is 21.9 Å². The molecule has 0 aliphatic heterocycles. The van der Waals surface area contributed by atoms with E-state index in [1.54, 1.807) is 0 Å². The molecule has 0 saturated carbocycles. The molecular formula is C10H5BrF3NO2. The second-order valence-corrected chi connectivity index (χ2v) is 3.98. The van der Waals surface area contributed by atoms with Crippen LogP contribution in [0.4, 0.5) is 13.2 Å². The Morgan fingerprint density at radius 3 is 2.47 bits per heavy atom. The van der Waals surface area contributed by atoms with E-state index in [9.17, 15) is 18.0 Å². The summed E-state index contributed by atoms with van der Waals surface area (Å²) in [4.78, 5) is 10.5. The summed E-state index contributed by atoms with van der Waals surface area (Å²) < 4.78 is 38.3. The minimum Gasteiger partial charge on any atom is -0.481 e. The number of rotatable bonds is 2. The summed E-state index contributed by atoms with van der Waals surface area (Å²) in [7, 11) is 0. The molecule has 0 aliphatic carbocycles. The molecule has 0 aliphatic rings. The molecule has 0 fully saturated rings. The molecule has 1 aromatic carbocycles. The molecule has 0 atom stereocenters. The first-order valence-electron chi connectivity index (χ1n) is 4.28. The Hall–Kier alpha value is -1.55. The van der Waals surface area contributed by atoms with Crippen LogP contribution in [-0.4, -0.2) is 11.1 Å². The highest BCUT2D eigenvalue weighted by Crippen LogP contribution is 2.37. The van der Waals surface area contributed by atoms with Crippen LogP contribution in [0, 0.1) is 11.3 Å². The number of hydrogen-bond acceptors (Lipinski definition) is 2. The number of alkyl halides is 3. The molecule has 0 heterocycles. The number of hydrogen-bond donors (Lipinski definition) is 1. The monoisotopic (exact) mass is 307 g/mol. The van der Waals surface area contributed by atoms with Gasteiger partial charge in [0.25, 0.3) is 0 Å². The van der Waals surface area contributed by atoms with Gasteiger partial charge in [-0.1, -0.05) is 15.9 Å². The van der Waals surface area contributed by atoms with Crippen LogP contribution < -0.4 is 0 Å². The van der Waals surface area contributed by atoms with Crippen molar-refractivity contribution in [1.29, 1.82) is 5.26 Å². The molecule has 17 heavy (non-hydrogen) atoms. The molecule has 90 valence electrons. The van der Waals surface area contributed by atoms with E-state index in [2.05, 4.69) is 15.9 Å². The molecule has 1 aromatic rings. The fourth-order valence-electron chi connectivity index (χ4n) is 1.36. The maximum atomic E-state index is 12.8. The zero-order valence-corrected chi connectivity index (χ0v) is 9.76. The van der Waals surface area contributed by atoms with Gasteiger partial charge in [0, 0.05) is 4.47 Å². The quantitative estimate of drug-likeness (QED) is 0.913. The fraction of sp³-hybridized carbons (Fsp3) is 0.200. The molecule has 0 radical (unpaired) electrons. The summed E-state index contributed by atoms with van der Waals surface area (Å²) in [6.45, 7) is 0. The van der Waals surface area contributed by atoms with Crippen LogP contribution in [0.15, 0.2) is 16.6 Å². The van der Waals surface area contributed by atoms with Crippen molar-refractivity contribution in [2.75, 3.05) is 0 Å². The predicted octanol–water partition coefficient (Wildman–Crippen LogP) is 2.97. The Morgan fingerprint density at radius 2 is 2.06 bits per heavy atom. The standard InChI is InChI=1S/C10H5BrF3NO2/c11-7-2-1-5(4-15)9(10(12,13)14)6(7)3-8(16)17/h1-2H,3H2,(H,16,17). The van der Waals surface area contributed by atoms with E-state index in [0.717, 1.165) is 6.07 Å². The molecule has 7 heteroatoms. The van der Waals surface area contributed by atoms with Gasteiger partial charge in [0.15, 0.2) is 0 Å². The first kappa shape index (κ1) is 13.5. The van der Waals surface area contributed by atoms with E-state index in [4.69, 9.17) is 10.4 Å². The van der Waals surface area contributed by atoms with Crippen molar-refractivity contribution in [2.24, 2.45) is 0 Å². The molecule has 0 aromatic heterocycles. The first-order valence-corrected chi connectivity index (χ1v) is 5.07. The number of carbonyl (C=O) groups is 1. The molecule has 0 spiro atoms. The summed E-state index contributed by atoms with van der Waals surface area (Å²) in [5.74, 6) is -1.40. The minimum absolute atomic E-state index is 0.0197. The van der Waals surface area contributed by atoms with Crippen LogP contribution in [0.25, 0.3) is 0 Å². The lowest BCUT2D eigenvalue weighted by atomic mass is 9.99. The molecule has 0 bridgehead atoms. The van der Waals surface area contributed by atoms with Crippen LogP contribution in [0.5, 0.6) is 0 Å². The Morgan fingerprint density at radius 1 is 1.47 bits per heavy atom. The lowest BCUT2D eigenvalue weighted by molar-refractivity contribution is -0.139. The van der Waals surface area contributed by atoms with E-state index < -0.39 is 35.3 Å². The van der Waals surface area contributed by atoms with Gasteiger partial charge in [-0.25, -0.2) is 0 Å². The maximum Gasteiger partial charge on any atom is 0.418 e. The third kappa shape index (κ3) is 2.97. The smallest absolute Gasteiger partial charge is 0.418 e. The van der Waals surface area contributed by atoms with Crippen LogP contribution in [0.2, 0.25) is 0 Å². The van der Waals surface area contributed by atoms with E-state index >= 15 is 0 Å². The third-order valence-electron chi connectivity index (χ3n) is 1.99. The van der Waals surface area contributed by atoms with Crippen molar-refractivity contribution in [1.82, 2.24) is 0 Å². The van der Waals surface area contributed by atoms with Gasteiger partial charge < -0.3 is 5.11 Å². The van der Waals surface area contributed by atoms with Gasteiger partial charge >= 0.3 is 12.1 Å². The zero-order chi connectivity index (χ0) is 13.2. The fourth-order valence-corrected chi connectivity index (χ4v) is 1.83. The van der Waals surface area contributed by atoms with Crippen LogP contribution >= 0.6 is 15.9 Å². The summed E-state index contributed by atoms with van der Waals surface area (Å²) in [6, 6.07) is 3.64.